The van der Waals surface area contributed by atoms with Crippen molar-refractivity contribution in [1.29, 1.82) is 0 Å². The molecular formula is C20H27ClN4O2. The van der Waals surface area contributed by atoms with Gasteiger partial charge < -0.3 is 11.1 Å². The van der Waals surface area contributed by atoms with Crippen LogP contribution in [-0.2, 0) is 11.3 Å². The van der Waals surface area contributed by atoms with Gasteiger partial charge in [-0.15, -0.1) is 12.4 Å². The van der Waals surface area contributed by atoms with Gasteiger partial charge in [-0.1, -0.05) is 49.6 Å². The van der Waals surface area contributed by atoms with Gasteiger partial charge in [0.2, 0.25) is 5.91 Å². The van der Waals surface area contributed by atoms with E-state index in [0.717, 1.165) is 18.4 Å². The van der Waals surface area contributed by atoms with E-state index in [2.05, 4.69) is 10.4 Å². The first-order chi connectivity index (χ1) is 12.7. The van der Waals surface area contributed by atoms with Crippen molar-refractivity contribution in [3.05, 3.63) is 52.8 Å². The zero-order valence-corrected chi connectivity index (χ0v) is 16.2. The molecule has 1 aliphatic rings. The predicted octanol–water partition coefficient (Wildman–Crippen LogP) is 2.36. The minimum atomic E-state index is -0.290. The van der Waals surface area contributed by atoms with Crippen LogP contribution >= 0.6 is 12.4 Å². The maximum absolute atomic E-state index is 12.5. The van der Waals surface area contributed by atoms with Gasteiger partial charge in [0.1, 0.15) is 6.54 Å². The highest BCUT2D eigenvalue weighted by molar-refractivity contribution is 5.85. The van der Waals surface area contributed by atoms with Gasteiger partial charge in [-0.05, 0) is 24.8 Å². The highest BCUT2D eigenvalue weighted by Gasteiger charge is 2.24. The molecule has 1 saturated carbocycles. The molecule has 27 heavy (non-hydrogen) atoms. The number of carbonyl (C=O) groups excluding carboxylic acids is 1. The van der Waals surface area contributed by atoms with Crippen molar-refractivity contribution in [3.8, 4) is 11.3 Å². The summed E-state index contributed by atoms with van der Waals surface area (Å²) in [5, 5.41) is 7.35. The standard InChI is InChI=1S/C20H26N4O2.ClH/c21-13-18(16-9-5-2-6-10-16)22-19(25)14-24-20(26)12-11-17(23-24)15-7-3-1-4-8-15;/h1,3-4,7-8,11-12,16,18H,2,5-6,9-10,13-14,21H2,(H,22,25);1H. The number of halogens is 1. The monoisotopic (exact) mass is 390 g/mol. The first-order valence-electron chi connectivity index (χ1n) is 9.30. The maximum Gasteiger partial charge on any atom is 0.267 e. The van der Waals surface area contributed by atoms with Gasteiger partial charge in [0.05, 0.1) is 5.69 Å². The van der Waals surface area contributed by atoms with E-state index in [0.29, 0.717) is 18.2 Å². The molecule has 1 amide bonds. The van der Waals surface area contributed by atoms with E-state index >= 15 is 0 Å². The van der Waals surface area contributed by atoms with Crippen molar-refractivity contribution in [2.45, 2.75) is 44.7 Å². The zero-order valence-electron chi connectivity index (χ0n) is 15.3. The number of amides is 1. The molecule has 1 unspecified atom stereocenters. The van der Waals surface area contributed by atoms with E-state index in [9.17, 15) is 9.59 Å². The van der Waals surface area contributed by atoms with Gasteiger partial charge in [0.15, 0.2) is 0 Å². The summed E-state index contributed by atoms with van der Waals surface area (Å²) in [6.45, 7) is 0.325. The highest BCUT2D eigenvalue weighted by Crippen LogP contribution is 2.26. The summed E-state index contributed by atoms with van der Waals surface area (Å²) < 4.78 is 1.21. The second kappa shape index (κ2) is 10.2. The summed E-state index contributed by atoms with van der Waals surface area (Å²) >= 11 is 0. The Labute approximate surface area is 165 Å². The topological polar surface area (TPSA) is 90.0 Å². The molecule has 3 N–H and O–H groups in total. The van der Waals surface area contributed by atoms with E-state index < -0.39 is 0 Å². The second-order valence-corrected chi connectivity index (χ2v) is 6.89. The van der Waals surface area contributed by atoms with Gasteiger partial charge in [-0.2, -0.15) is 5.10 Å². The van der Waals surface area contributed by atoms with Crippen LogP contribution in [0.1, 0.15) is 32.1 Å². The van der Waals surface area contributed by atoms with Crippen LogP contribution in [0, 0.1) is 5.92 Å². The first kappa shape index (κ1) is 21.1. The average Bonchev–Trinajstić information content (AvgIpc) is 2.69. The molecule has 1 aromatic carbocycles. The minimum Gasteiger partial charge on any atom is -0.350 e. The second-order valence-electron chi connectivity index (χ2n) is 6.89. The molecule has 0 aliphatic heterocycles. The van der Waals surface area contributed by atoms with Gasteiger partial charge in [-0.3, -0.25) is 9.59 Å². The Bertz CT molecular complexity index is 788. The van der Waals surface area contributed by atoms with Gasteiger partial charge >= 0.3 is 0 Å². The summed E-state index contributed by atoms with van der Waals surface area (Å²) in [5.41, 5.74) is 7.16. The van der Waals surface area contributed by atoms with Crippen molar-refractivity contribution < 1.29 is 4.79 Å². The Hall–Kier alpha value is -2.18. The number of benzene rings is 1. The third-order valence-corrected chi connectivity index (χ3v) is 5.05. The van der Waals surface area contributed by atoms with Crippen LogP contribution in [0.15, 0.2) is 47.3 Å². The Kier molecular flexibility index (Phi) is 8.00. The number of aromatic nitrogens is 2. The Morgan fingerprint density at radius 1 is 1.15 bits per heavy atom. The van der Waals surface area contributed by atoms with E-state index in [-0.39, 0.29) is 36.5 Å². The van der Waals surface area contributed by atoms with Gasteiger partial charge in [0, 0.05) is 24.2 Å². The Morgan fingerprint density at radius 2 is 1.85 bits per heavy atom. The molecular weight excluding hydrogens is 364 g/mol. The van der Waals surface area contributed by atoms with Crippen molar-refractivity contribution in [2.24, 2.45) is 11.7 Å². The number of carbonyl (C=O) groups is 1. The number of nitrogens with two attached hydrogens (primary N) is 1. The molecule has 0 radical (unpaired) electrons. The Balaban J connectivity index is 0.00000261. The summed E-state index contributed by atoms with van der Waals surface area (Å²) in [5.74, 6) is 0.212. The molecule has 0 bridgehead atoms. The van der Waals surface area contributed by atoms with Crippen LogP contribution in [0.4, 0.5) is 0 Å². The lowest BCUT2D eigenvalue weighted by molar-refractivity contribution is -0.123. The molecule has 1 fully saturated rings. The highest BCUT2D eigenvalue weighted by atomic mass is 35.5. The third-order valence-electron chi connectivity index (χ3n) is 5.05. The fourth-order valence-electron chi connectivity index (χ4n) is 3.62. The Morgan fingerprint density at radius 3 is 2.52 bits per heavy atom. The molecule has 1 aromatic heterocycles. The molecule has 7 heteroatoms. The molecule has 0 saturated heterocycles. The number of hydrogen-bond acceptors (Lipinski definition) is 4. The van der Waals surface area contributed by atoms with E-state index in [1.165, 1.54) is 30.0 Å². The molecule has 146 valence electrons. The largest absolute Gasteiger partial charge is 0.350 e. The van der Waals surface area contributed by atoms with Crippen molar-refractivity contribution >= 4 is 18.3 Å². The van der Waals surface area contributed by atoms with E-state index in [1.807, 2.05) is 30.3 Å². The number of nitrogens with zero attached hydrogens (tertiary/aromatic N) is 2. The van der Waals surface area contributed by atoms with Crippen LogP contribution in [0.5, 0.6) is 0 Å². The van der Waals surface area contributed by atoms with Gasteiger partial charge in [-0.25, -0.2) is 4.68 Å². The molecule has 6 nitrogen and oxygen atoms in total. The first-order valence-corrected chi connectivity index (χ1v) is 9.30. The van der Waals surface area contributed by atoms with Crippen LogP contribution in [0.3, 0.4) is 0 Å². The fraction of sp³-hybridized carbons (Fsp3) is 0.450. The zero-order chi connectivity index (χ0) is 18.4. The molecule has 1 heterocycles. The maximum atomic E-state index is 12.5. The fourth-order valence-corrected chi connectivity index (χ4v) is 3.62. The normalized spacial score (nSPS) is 15.6. The van der Waals surface area contributed by atoms with Gasteiger partial charge in [0.25, 0.3) is 5.56 Å². The molecule has 0 spiro atoms. The quantitative estimate of drug-likeness (QED) is 0.792. The molecule has 2 aromatic rings. The van der Waals surface area contributed by atoms with E-state index in [1.54, 1.807) is 6.07 Å². The lowest BCUT2D eigenvalue weighted by Gasteiger charge is -2.30. The minimum absolute atomic E-state index is 0. The lowest BCUT2D eigenvalue weighted by Crippen LogP contribution is -2.47. The average molecular weight is 391 g/mol. The third kappa shape index (κ3) is 5.65. The van der Waals surface area contributed by atoms with E-state index in [4.69, 9.17) is 5.73 Å². The summed E-state index contributed by atoms with van der Waals surface area (Å²) in [6.07, 6.45) is 5.84. The molecule has 1 atom stereocenters. The number of rotatable bonds is 6. The molecule has 1 aliphatic carbocycles. The summed E-state index contributed by atoms with van der Waals surface area (Å²) in [7, 11) is 0. The van der Waals surface area contributed by atoms with Crippen molar-refractivity contribution in [1.82, 2.24) is 15.1 Å². The number of nitrogens with one attached hydrogen (secondary N) is 1. The SMILES string of the molecule is Cl.NCC(NC(=O)Cn1nc(-c2ccccc2)ccc1=O)C1CCCCC1. The number of hydrogen-bond donors (Lipinski definition) is 2. The predicted molar refractivity (Wildman–Crippen MR) is 109 cm³/mol. The van der Waals surface area contributed by atoms with Crippen LogP contribution in [-0.4, -0.2) is 28.3 Å². The molecule has 3 rings (SSSR count). The smallest absolute Gasteiger partial charge is 0.267 e. The van der Waals surface area contributed by atoms with Crippen molar-refractivity contribution in [3.63, 3.8) is 0 Å². The van der Waals surface area contributed by atoms with Crippen LogP contribution in [0.25, 0.3) is 11.3 Å². The summed E-state index contributed by atoms with van der Waals surface area (Å²) in [6, 6.07) is 12.7. The lowest BCUT2D eigenvalue weighted by atomic mass is 9.84. The summed E-state index contributed by atoms with van der Waals surface area (Å²) in [4.78, 5) is 24.5. The van der Waals surface area contributed by atoms with Crippen LogP contribution < -0.4 is 16.6 Å². The van der Waals surface area contributed by atoms with Crippen LogP contribution in [0.2, 0.25) is 0 Å². The van der Waals surface area contributed by atoms with Crippen molar-refractivity contribution in [2.75, 3.05) is 6.54 Å².